The van der Waals surface area contributed by atoms with Crippen molar-refractivity contribution >= 4 is 32.0 Å². The molecule has 2 aromatic carbocycles. The molecule has 0 radical (unpaired) electrons. The first-order chi connectivity index (χ1) is 21.2. The Kier molecular flexibility index (Phi) is 7.42. The van der Waals surface area contributed by atoms with Gasteiger partial charge >= 0.3 is 5.69 Å². The Bertz CT molecular complexity index is 1990. The molecule has 2 saturated heterocycles. The molecule has 0 spiro atoms. The summed E-state index contributed by atoms with van der Waals surface area (Å²) in [6.07, 6.45) is 10.8. The average Bonchev–Trinajstić information content (AvgIpc) is 3.60. The van der Waals surface area contributed by atoms with Gasteiger partial charge in [-0.1, -0.05) is 18.2 Å². The van der Waals surface area contributed by atoms with Crippen molar-refractivity contribution in [2.45, 2.75) is 57.0 Å². The molecule has 11 heteroatoms. The molecule has 1 N–H and O–H groups in total. The molecule has 5 heterocycles. The van der Waals surface area contributed by atoms with Gasteiger partial charge in [0.25, 0.3) is 0 Å². The average molecular weight is 614 g/mol. The van der Waals surface area contributed by atoms with Gasteiger partial charge in [0, 0.05) is 56.4 Å². The predicted molar refractivity (Wildman–Crippen MR) is 173 cm³/mol. The van der Waals surface area contributed by atoms with Gasteiger partial charge in [-0.3, -0.25) is 18.8 Å². The molecule has 10 nitrogen and oxygen atoms in total. The van der Waals surface area contributed by atoms with Crippen LogP contribution in [0.15, 0.2) is 65.8 Å². The zero-order valence-corrected chi connectivity index (χ0v) is 26.3. The van der Waals surface area contributed by atoms with Crippen molar-refractivity contribution in [2.24, 2.45) is 7.05 Å². The lowest BCUT2D eigenvalue weighted by molar-refractivity contribution is 0.321. The van der Waals surface area contributed by atoms with E-state index in [1.807, 2.05) is 47.7 Å². The molecule has 2 aliphatic rings. The Hall–Kier alpha value is -3.80. The van der Waals surface area contributed by atoms with Crippen molar-refractivity contribution < 1.29 is 8.42 Å². The highest BCUT2D eigenvalue weighted by Gasteiger charge is 2.27. The normalized spacial score (nSPS) is 20.5. The monoisotopic (exact) mass is 613 g/mol. The number of nitrogens with zero attached hydrogens (tertiary/aromatic N) is 6. The van der Waals surface area contributed by atoms with Gasteiger partial charge in [0.05, 0.1) is 40.9 Å². The fourth-order valence-electron chi connectivity index (χ4n) is 7.20. The van der Waals surface area contributed by atoms with Crippen LogP contribution >= 0.6 is 0 Å². The van der Waals surface area contributed by atoms with Gasteiger partial charge in [0.15, 0.2) is 0 Å². The summed E-state index contributed by atoms with van der Waals surface area (Å²) in [6.45, 7) is 4.49. The molecule has 0 amide bonds. The largest absolute Gasteiger partial charge is 0.333 e. The molecule has 2 aliphatic heterocycles. The lowest BCUT2D eigenvalue weighted by Gasteiger charge is -2.30. The number of fused-ring (bicyclic) bond motifs is 3. The van der Waals surface area contributed by atoms with Gasteiger partial charge in [0.1, 0.15) is 0 Å². The van der Waals surface area contributed by atoms with Gasteiger partial charge in [-0.05, 0) is 79.8 Å². The van der Waals surface area contributed by atoms with Crippen molar-refractivity contribution in [3.05, 3.63) is 88.2 Å². The SMILES string of the molecule is CCn1c(=O)n(-c2ccc(C3CCN(S(C)(=O)=O)CC3)cc2)c2c3cc(C4CCC(c5cnn(C)c5)NC4)ccc3ncc21. The first-order valence-corrected chi connectivity index (χ1v) is 17.4. The molecule has 0 aliphatic carbocycles. The molecule has 230 valence electrons. The van der Waals surface area contributed by atoms with E-state index in [4.69, 9.17) is 4.98 Å². The fraction of sp³-hybridized carbons (Fsp3) is 0.424. The zero-order valence-electron chi connectivity index (χ0n) is 25.5. The number of sulfonamides is 1. The van der Waals surface area contributed by atoms with Crippen LogP contribution in [0.1, 0.15) is 67.2 Å². The summed E-state index contributed by atoms with van der Waals surface area (Å²) in [5, 5.41) is 9.04. The maximum atomic E-state index is 13.9. The topological polar surface area (TPSA) is 107 Å². The van der Waals surface area contributed by atoms with Crippen LogP contribution in [-0.2, 0) is 23.6 Å². The van der Waals surface area contributed by atoms with E-state index in [9.17, 15) is 13.2 Å². The summed E-state index contributed by atoms with van der Waals surface area (Å²) >= 11 is 0. The lowest BCUT2D eigenvalue weighted by Crippen LogP contribution is -2.37. The van der Waals surface area contributed by atoms with Crippen LogP contribution in [0.3, 0.4) is 0 Å². The number of piperidine rings is 2. The van der Waals surface area contributed by atoms with E-state index in [-0.39, 0.29) is 5.69 Å². The third-order valence-corrected chi connectivity index (χ3v) is 11.0. The van der Waals surface area contributed by atoms with Crippen molar-refractivity contribution in [3.63, 3.8) is 0 Å². The summed E-state index contributed by atoms with van der Waals surface area (Å²) in [7, 11) is -1.21. The summed E-state index contributed by atoms with van der Waals surface area (Å²) < 4.78 is 30.9. The number of hydrogen-bond acceptors (Lipinski definition) is 6. The van der Waals surface area contributed by atoms with Gasteiger partial charge in [0.2, 0.25) is 10.0 Å². The van der Waals surface area contributed by atoms with Crippen LogP contribution in [0.4, 0.5) is 0 Å². The van der Waals surface area contributed by atoms with E-state index in [1.165, 1.54) is 22.9 Å². The molecule has 3 aromatic heterocycles. The first kappa shape index (κ1) is 28.9. The summed E-state index contributed by atoms with van der Waals surface area (Å²) in [5.41, 5.74) is 6.99. The number of rotatable bonds is 6. The number of aromatic nitrogens is 5. The molecular weight excluding hydrogens is 574 g/mol. The van der Waals surface area contributed by atoms with Crippen LogP contribution in [-0.4, -0.2) is 62.5 Å². The Balaban J connectivity index is 1.22. The molecule has 44 heavy (non-hydrogen) atoms. The molecule has 5 aromatic rings. The van der Waals surface area contributed by atoms with Gasteiger partial charge in [-0.25, -0.2) is 17.5 Å². The number of nitrogens with one attached hydrogen (secondary N) is 1. The van der Waals surface area contributed by atoms with Gasteiger partial charge < -0.3 is 5.32 Å². The highest BCUT2D eigenvalue weighted by molar-refractivity contribution is 7.88. The predicted octanol–water partition coefficient (Wildman–Crippen LogP) is 4.44. The molecule has 2 unspecified atom stereocenters. The van der Waals surface area contributed by atoms with Gasteiger partial charge in [-0.2, -0.15) is 5.10 Å². The molecule has 2 fully saturated rings. The Morgan fingerprint density at radius 3 is 2.32 bits per heavy atom. The van der Waals surface area contributed by atoms with E-state index >= 15 is 0 Å². The smallest absolute Gasteiger partial charge is 0.309 e. The Labute approximate surface area is 257 Å². The number of hydrogen-bond donors (Lipinski definition) is 1. The van der Waals surface area contributed by atoms with Crippen LogP contribution in [0, 0.1) is 0 Å². The van der Waals surface area contributed by atoms with Gasteiger partial charge in [-0.15, -0.1) is 0 Å². The van der Waals surface area contributed by atoms with Crippen LogP contribution in [0.2, 0.25) is 0 Å². The second kappa shape index (κ2) is 11.3. The number of aryl methyl sites for hydroxylation is 2. The highest BCUT2D eigenvalue weighted by Crippen LogP contribution is 2.35. The third-order valence-electron chi connectivity index (χ3n) is 9.66. The standard InChI is InChI=1S/C33H39N7O3S/c1-4-39-31-20-35-30-12-7-24(25-8-11-29(34-18-25)26-19-36-37(2)21-26)17-28(30)32(31)40(33(39)41)27-9-5-22(6-10-27)23-13-15-38(16-14-23)44(3,42)43/h5-7,9-10,12,17,19-21,23,25,29,34H,4,8,11,13-16,18H2,1-3H3. The summed E-state index contributed by atoms with van der Waals surface area (Å²) in [4.78, 5) is 18.6. The Morgan fingerprint density at radius 1 is 0.932 bits per heavy atom. The molecule has 0 saturated carbocycles. The third kappa shape index (κ3) is 5.16. The second-order valence-electron chi connectivity index (χ2n) is 12.3. The van der Waals surface area contributed by atoms with E-state index in [1.54, 1.807) is 8.87 Å². The van der Waals surface area contributed by atoms with Crippen LogP contribution in [0.5, 0.6) is 0 Å². The maximum Gasteiger partial charge on any atom is 0.333 e. The molecule has 7 rings (SSSR count). The van der Waals surface area contributed by atoms with E-state index in [2.05, 4.69) is 46.9 Å². The van der Waals surface area contributed by atoms with Crippen molar-refractivity contribution in [3.8, 4) is 5.69 Å². The van der Waals surface area contributed by atoms with Crippen LogP contribution < -0.4 is 11.0 Å². The first-order valence-electron chi connectivity index (χ1n) is 15.5. The van der Waals surface area contributed by atoms with E-state index in [0.717, 1.165) is 59.9 Å². The van der Waals surface area contributed by atoms with Crippen molar-refractivity contribution in [1.29, 1.82) is 0 Å². The lowest BCUT2D eigenvalue weighted by atomic mass is 9.86. The quantitative estimate of drug-likeness (QED) is 0.304. The number of pyridine rings is 1. The van der Waals surface area contributed by atoms with Crippen molar-refractivity contribution in [2.75, 3.05) is 25.9 Å². The molecule has 2 atom stereocenters. The zero-order chi connectivity index (χ0) is 30.6. The minimum Gasteiger partial charge on any atom is -0.309 e. The number of benzene rings is 2. The number of imidazole rings is 1. The minimum atomic E-state index is -3.16. The summed E-state index contributed by atoms with van der Waals surface area (Å²) in [5.74, 6) is 0.662. The molecular formula is C33H39N7O3S. The second-order valence-corrected chi connectivity index (χ2v) is 14.3. The maximum absolute atomic E-state index is 13.9. The minimum absolute atomic E-state index is 0.0740. The van der Waals surface area contributed by atoms with Crippen molar-refractivity contribution in [1.82, 2.24) is 33.5 Å². The van der Waals surface area contributed by atoms with E-state index in [0.29, 0.717) is 37.5 Å². The van der Waals surface area contributed by atoms with E-state index < -0.39 is 10.0 Å². The molecule has 0 bridgehead atoms. The Morgan fingerprint density at radius 2 is 1.68 bits per heavy atom. The fourth-order valence-corrected chi connectivity index (χ4v) is 8.07. The summed E-state index contributed by atoms with van der Waals surface area (Å²) in [6, 6.07) is 15.1. The highest BCUT2D eigenvalue weighted by atomic mass is 32.2. The van der Waals surface area contributed by atoms with Crippen LogP contribution in [0.25, 0.3) is 27.6 Å².